The molecule has 0 aromatic heterocycles. The van der Waals surface area contributed by atoms with Crippen LogP contribution < -0.4 is 15.4 Å². The van der Waals surface area contributed by atoms with Gasteiger partial charge in [-0.15, -0.1) is 0 Å². The quantitative estimate of drug-likeness (QED) is 0.741. The Kier molecular flexibility index (Phi) is 7.20. The number of nitrogens with one attached hydrogen (secondary N) is 2. The Morgan fingerprint density at radius 1 is 1.47 bits per heavy atom. The minimum Gasteiger partial charge on any atom is -0.491 e. The van der Waals surface area contributed by atoms with Gasteiger partial charge in [0.25, 0.3) is 0 Å². The van der Waals surface area contributed by atoms with Crippen molar-refractivity contribution in [2.45, 2.75) is 19.8 Å². The van der Waals surface area contributed by atoms with Gasteiger partial charge in [0.1, 0.15) is 0 Å². The Morgan fingerprint density at radius 2 is 2.21 bits per heavy atom. The van der Waals surface area contributed by atoms with E-state index in [-0.39, 0.29) is 5.91 Å². The first-order chi connectivity index (χ1) is 9.08. The van der Waals surface area contributed by atoms with E-state index in [1.807, 2.05) is 14.0 Å². The lowest BCUT2D eigenvalue weighted by atomic mass is 10.2. The Morgan fingerprint density at radius 3 is 2.84 bits per heavy atom. The third-order valence-corrected chi connectivity index (χ3v) is 3.21. The topological polar surface area (TPSA) is 50.4 Å². The first-order valence-electron chi connectivity index (χ1n) is 6.14. The van der Waals surface area contributed by atoms with E-state index < -0.39 is 0 Å². The summed E-state index contributed by atoms with van der Waals surface area (Å²) in [6.07, 6.45) is 1.24. The van der Waals surface area contributed by atoms with Crippen molar-refractivity contribution in [3.63, 3.8) is 0 Å². The summed E-state index contributed by atoms with van der Waals surface area (Å²) in [6, 6.07) is 3.43. The van der Waals surface area contributed by atoms with E-state index in [0.29, 0.717) is 29.5 Å². The Balaban J connectivity index is 2.78. The normalized spacial score (nSPS) is 10.3. The molecule has 0 aliphatic rings. The summed E-state index contributed by atoms with van der Waals surface area (Å²) in [7, 11) is 1.86. The van der Waals surface area contributed by atoms with Crippen LogP contribution in [0.25, 0.3) is 0 Å². The smallest absolute Gasteiger partial charge is 0.224 e. The molecule has 19 heavy (non-hydrogen) atoms. The van der Waals surface area contributed by atoms with Crippen LogP contribution in [0, 0.1) is 0 Å². The molecule has 0 radical (unpaired) electrons. The highest BCUT2D eigenvalue weighted by molar-refractivity contribution is 9.10. The molecular formula is C13H18BrClN2O2. The van der Waals surface area contributed by atoms with Gasteiger partial charge in [0.05, 0.1) is 16.8 Å². The summed E-state index contributed by atoms with van der Waals surface area (Å²) in [5.41, 5.74) is 0.593. The molecule has 1 aromatic carbocycles. The number of anilines is 1. The Hall–Kier alpha value is -0.780. The second-order valence-electron chi connectivity index (χ2n) is 3.95. The Bertz CT molecular complexity index is 441. The van der Waals surface area contributed by atoms with Gasteiger partial charge in [0, 0.05) is 11.4 Å². The van der Waals surface area contributed by atoms with Crippen LogP contribution >= 0.6 is 27.5 Å². The number of hydrogen-bond donors (Lipinski definition) is 2. The number of hydrogen-bond acceptors (Lipinski definition) is 3. The summed E-state index contributed by atoms with van der Waals surface area (Å²) in [5.74, 6) is 0.555. The molecule has 0 fully saturated rings. The van der Waals surface area contributed by atoms with Crippen molar-refractivity contribution in [2.24, 2.45) is 0 Å². The molecule has 0 saturated carbocycles. The zero-order valence-electron chi connectivity index (χ0n) is 11.1. The molecule has 1 amide bonds. The van der Waals surface area contributed by atoms with Crippen molar-refractivity contribution in [1.29, 1.82) is 0 Å². The average molecular weight is 350 g/mol. The maximum atomic E-state index is 11.8. The van der Waals surface area contributed by atoms with Gasteiger partial charge in [0.2, 0.25) is 5.91 Å². The predicted molar refractivity (Wildman–Crippen MR) is 82.1 cm³/mol. The van der Waals surface area contributed by atoms with Gasteiger partial charge in [0.15, 0.2) is 5.75 Å². The van der Waals surface area contributed by atoms with Crippen molar-refractivity contribution in [1.82, 2.24) is 5.32 Å². The maximum absolute atomic E-state index is 11.8. The number of amides is 1. The SMILES string of the molecule is CCOc1c(Br)cc(Cl)cc1NC(=O)CCCNC. The van der Waals surface area contributed by atoms with Crippen molar-refractivity contribution >= 4 is 39.1 Å². The standard InChI is InChI=1S/C13H18BrClN2O2/c1-3-19-13-10(14)7-9(15)8-11(13)17-12(18)5-4-6-16-2/h7-8,16H,3-6H2,1-2H3,(H,17,18). The monoisotopic (exact) mass is 348 g/mol. The largest absolute Gasteiger partial charge is 0.491 e. The van der Waals surface area contributed by atoms with E-state index in [1.54, 1.807) is 12.1 Å². The van der Waals surface area contributed by atoms with Gasteiger partial charge >= 0.3 is 0 Å². The molecule has 0 spiro atoms. The molecule has 0 aliphatic heterocycles. The second-order valence-corrected chi connectivity index (χ2v) is 5.24. The molecule has 4 nitrogen and oxygen atoms in total. The van der Waals surface area contributed by atoms with Crippen LogP contribution in [-0.2, 0) is 4.79 Å². The second kappa shape index (κ2) is 8.40. The lowest BCUT2D eigenvalue weighted by molar-refractivity contribution is -0.116. The molecule has 0 bridgehead atoms. The minimum absolute atomic E-state index is 0.0506. The number of benzene rings is 1. The van der Waals surface area contributed by atoms with Gasteiger partial charge in [-0.1, -0.05) is 11.6 Å². The molecule has 0 saturated heterocycles. The number of ether oxygens (including phenoxy) is 1. The molecule has 0 atom stereocenters. The van der Waals surface area contributed by atoms with Crippen molar-refractivity contribution < 1.29 is 9.53 Å². The molecule has 0 aliphatic carbocycles. The van der Waals surface area contributed by atoms with Crippen molar-refractivity contribution in [3.8, 4) is 5.75 Å². The van der Waals surface area contributed by atoms with Gasteiger partial charge in [-0.25, -0.2) is 0 Å². The summed E-state index contributed by atoms with van der Waals surface area (Å²) in [5, 5.41) is 6.38. The van der Waals surface area contributed by atoms with Crippen LogP contribution in [0.5, 0.6) is 5.75 Å². The van der Waals surface area contributed by atoms with Gasteiger partial charge in [-0.3, -0.25) is 4.79 Å². The van der Waals surface area contributed by atoms with Crippen molar-refractivity contribution in [2.75, 3.05) is 25.5 Å². The molecule has 2 N–H and O–H groups in total. The summed E-state index contributed by atoms with van der Waals surface area (Å²) < 4.78 is 6.25. The molecule has 0 heterocycles. The van der Waals surface area contributed by atoms with E-state index in [9.17, 15) is 4.79 Å². The van der Waals surface area contributed by atoms with Crippen molar-refractivity contribution in [3.05, 3.63) is 21.6 Å². The molecule has 6 heteroatoms. The summed E-state index contributed by atoms with van der Waals surface area (Å²) in [6.45, 7) is 3.22. The molecule has 1 aromatic rings. The highest BCUT2D eigenvalue weighted by atomic mass is 79.9. The fourth-order valence-corrected chi connectivity index (χ4v) is 2.51. The first-order valence-corrected chi connectivity index (χ1v) is 7.31. The van der Waals surface area contributed by atoms with Crippen LogP contribution in [0.15, 0.2) is 16.6 Å². The third kappa shape index (κ3) is 5.38. The van der Waals surface area contributed by atoms with Crippen LogP contribution in [0.4, 0.5) is 5.69 Å². The number of rotatable bonds is 7. The summed E-state index contributed by atoms with van der Waals surface area (Å²) >= 11 is 9.37. The lowest BCUT2D eigenvalue weighted by Crippen LogP contribution is -2.16. The maximum Gasteiger partial charge on any atom is 0.224 e. The Labute approximate surface area is 127 Å². The van der Waals surface area contributed by atoms with Gasteiger partial charge in [-0.2, -0.15) is 0 Å². The van der Waals surface area contributed by atoms with Crippen LogP contribution in [0.1, 0.15) is 19.8 Å². The van der Waals surface area contributed by atoms with E-state index in [1.165, 1.54) is 0 Å². The lowest BCUT2D eigenvalue weighted by Gasteiger charge is -2.13. The zero-order chi connectivity index (χ0) is 14.3. The van der Waals surface area contributed by atoms with E-state index >= 15 is 0 Å². The molecule has 1 rings (SSSR count). The molecule has 106 valence electrons. The van der Waals surface area contributed by atoms with E-state index in [4.69, 9.17) is 16.3 Å². The predicted octanol–water partition coefficient (Wildman–Crippen LogP) is 3.44. The first kappa shape index (κ1) is 16.3. The average Bonchev–Trinajstić information content (AvgIpc) is 2.34. The van der Waals surface area contributed by atoms with Gasteiger partial charge < -0.3 is 15.4 Å². The van der Waals surface area contributed by atoms with Crippen LogP contribution in [0.2, 0.25) is 5.02 Å². The highest BCUT2D eigenvalue weighted by Crippen LogP contribution is 2.36. The minimum atomic E-state index is -0.0506. The molecule has 0 unspecified atom stereocenters. The van der Waals surface area contributed by atoms with Crippen LogP contribution in [-0.4, -0.2) is 26.1 Å². The number of carbonyl (C=O) groups is 1. The van der Waals surface area contributed by atoms with Gasteiger partial charge in [-0.05, 0) is 55.0 Å². The van der Waals surface area contributed by atoms with E-state index in [2.05, 4.69) is 26.6 Å². The summed E-state index contributed by atoms with van der Waals surface area (Å²) in [4.78, 5) is 11.8. The number of carbonyl (C=O) groups excluding carboxylic acids is 1. The number of halogens is 2. The van der Waals surface area contributed by atoms with E-state index in [0.717, 1.165) is 17.4 Å². The zero-order valence-corrected chi connectivity index (χ0v) is 13.4. The molecular weight excluding hydrogens is 332 g/mol. The fraction of sp³-hybridized carbons (Fsp3) is 0.462. The highest BCUT2D eigenvalue weighted by Gasteiger charge is 2.12. The van der Waals surface area contributed by atoms with Crippen LogP contribution in [0.3, 0.4) is 0 Å². The fourth-order valence-electron chi connectivity index (χ4n) is 1.58. The third-order valence-electron chi connectivity index (χ3n) is 2.40.